The maximum atomic E-state index is 12.7. The van der Waals surface area contributed by atoms with Crippen molar-refractivity contribution in [3.8, 4) is 0 Å². The van der Waals surface area contributed by atoms with E-state index in [-0.39, 0.29) is 0 Å². The summed E-state index contributed by atoms with van der Waals surface area (Å²) in [7, 11) is 0. The lowest BCUT2D eigenvalue weighted by Gasteiger charge is -2.28. The second-order valence-corrected chi connectivity index (χ2v) is 7.72. The van der Waals surface area contributed by atoms with E-state index < -0.39 is 29.1 Å². The third-order valence-corrected chi connectivity index (χ3v) is 5.32. The number of benzene rings is 2. The molecule has 0 unspecified atom stereocenters. The van der Waals surface area contributed by atoms with Crippen molar-refractivity contribution in [2.75, 3.05) is 0 Å². The summed E-state index contributed by atoms with van der Waals surface area (Å²) < 4.78 is 76.1. The monoisotopic (exact) mass is 432 g/mol. The molecule has 0 amide bonds. The molecule has 0 aliphatic carbocycles. The van der Waals surface area contributed by atoms with E-state index in [0.29, 0.717) is 43.2 Å². The number of aryl methyl sites for hydroxylation is 2. The highest BCUT2D eigenvalue weighted by atomic mass is 19.4. The maximum Gasteiger partial charge on any atom is 0.416 e. The Kier molecular flexibility index (Phi) is 7.97. The Hall–Kier alpha value is -2.02. The minimum Gasteiger partial charge on any atom is -0.390 e. The molecule has 0 atom stereocenters. The van der Waals surface area contributed by atoms with Gasteiger partial charge in [-0.25, -0.2) is 0 Å². The van der Waals surface area contributed by atoms with Crippen LogP contribution < -0.4 is 0 Å². The van der Waals surface area contributed by atoms with Crippen LogP contribution in [0.25, 0.3) is 0 Å². The van der Waals surface area contributed by atoms with Gasteiger partial charge in [-0.3, -0.25) is 0 Å². The number of hydrogen-bond acceptors (Lipinski definition) is 1. The first-order chi connectivity index (χ1) is 13.9. The van der Waals surface area contributed by atoms with Crippen LogP contribution in [0, 0.1) is 0 Å². The SMILES string of the molecule is CCCCC(O)(CCc1ccc(C(F)(F)F)cc1)CCc1ccc(C(F)(F)F)cc1. The van der Waals surface area contributed by atoms with Gasteiger partial charge in [0, 0.05) is 0 Å². The molecule has 0 spiro atoms. The number of rotatable bonds is 9. The summed E-state index contributed by atoms with van der Waals surface area (Å²) in [5, 5.41) is 11.1. The molecule has 2 aromatic rings. The molecule has 0 heterocycles. The first-order valence-corrected chi connectivity index (χ1v) is 9.98. The Morgan fingerprint density at radius 2 is 1.00 bits per heavy atom. The highest BCUT2D eigenvalue weighted by molar-refractivity contribution is 5.26. The molecule has 2 aromatic carbocycles. The maximum absolute atomic E-state index is 12.7. The summed E-state index contributed by atoms with van der Waals surface area (Å²) in [5.41, 5.74) is -1.05. The van der Waals surface area contributed by atoms with E-state index in [1.54, 1.807) is 0 Å². The minimum atomic E-state index is -4.39. The Morgan fingerprint density at radius 3 is 1.30 bits per heavy atom. The van der Waals surface area contributed by atoms with Crippen LogP contribution >= 0.6 is 0 Å². The van der Waals surface area contributed by atoms with Gasteiger partial charge in [0.2, 0.25) is 0 Å². The number of hydrogen-bond donors (Lipinski definition) is 1. The van der Waals surface area contributed by atoms with E-state index in [1.165, 1.54) is 24.3 Å². The molecule has 0 saturated heterocycles. The van der Waals surface area contributed by atoms with Crippen molar-refractivity contribution in [3.63, 3.8) is 0 Å². The van der Waals surface area contributed by atoms with E-state index >= 15 is 0 Å². The van der Waals surface area contributed by atoms with Crippen LogP contribution in [-0.2, 0) is 25.2 Å². The van der Waals surface area contributed by atoms with Crippen LogP contribution in [-0.4, -0.2) is 10.7 Å². The zero-order chi connectivity index (χ0) is 22.4. The Morgan fingerprint density at radius 1 is 0.633 bits per heavy atom. The summed E-state index contributed by atoms with van der Waals surface area (Å²) in [6.07, 6.45) is -4.98. The molecular formula is C23H26F6O. The molecule has 0 aromatic heterocycles. The highest BCUT2D eigenvalue weighted by Gasteiger charge is 2.31. The van der Waals surface area contributed by atoms with E-state index in [0.717, 1.165) is 37.1 Å². The summed E-state index contributed by atoms with van der Waals surface area (Å²) in [4.78, 5) is 0. The average Bonchev–Trinajstić information content (AvgIpc) is 2.69. The molecule has 0 bridgehead atoms. The standard InChI is InChI=1S/C23H26F6O/c1-2-3-14-21(30,15-12-17-4-8-19(9-5-17)22(24,25)26)16-13-18-6-10-20(11-7-18)23(27,28)29/h4-11,30H,2-3,12-16H2,1H3. The Balaban J connectivity index is 2.00. The lowest BCUT2D eigenvalue weighted by molar-refractivity contribution is -0.138. The molecule has 1 N–H and O–H groups in total. The van der Waals surface area contributed by atoms with Crippen LogP contribution in [0.5, 0.6) is 0 Å². The zero-order valence-electron chi connectivity index (χ0n) is 16.8. The molecule has 166 valence electrons. The lowest BCUT2D eigenvalue weighted by atomic mass is 9.84. The van der Waals surface area contributed by atoms with Gasteiger partial charge in [-0.15, -0.1) is 0 Å². The topological polar surface area (TPSA) is 20.2 Å². The molecule has 0 aliphatic heterocycles. The molecular weight excluding hydrogens is 406 g/mol. The zero-order valence-corrected chi connectivity index (χ0v) is 16.8. The van der Waals surface area contributed by atoms with Gasteiger partial charge in [-0.1, -0.05) is 44.0 Å². The van der Waals surface area contributed by atoms with Gasteiger partial charge in [0.25, 0.3) is 0 Å². The van der Waals surface area contributed by atoms with Gasteiger partial charge >= 0.3 is 12.4 Å². The third kappa shape index (κ3) is 7.35. The number of aliphatic hydroxyl groups is 1. The smallest absolute Gasteiger partial charge is 0.390 e. The molecule has 7 heteroatoms. The number of unbranched alkanes of at least 4 members (excludes halogenated alkanes) is 1. The fraction of sp³-hybridized carbons (Fsp3) is 0.478. The van der Waals surface area contributed by atoms with Crippen LogP contribution in [0.3, 0.4) is 0 Å². The van der Waals surface area contributed by atoms with Gasteiger partial charge < -0.3 is 5.11 Å². The number of alkyl halides is 6. The molecule has 0 radical (unpaired) electrons. The van der Waals surface area contributed by atoms with Gasteiger partial charge in [-0.2, -0.15) is 26.3 Å². The first kappa shape index (κ1) is 24.3. The third-order valence-electron chi connectivity index (χ3n) is 5.32. The van der Waals surface area contributed by atoms with Crippen molar-refractivity contribution in [2.24, 2.45) is 0 Å². The Bertz CT molecular complexity index is 714. The molecule has 0 fully saturated rings. The number of halogens is 6. The van der Waals surface area contributed by atoms with Crippen LogP contribution in [0.15, 0.2) is 48.5 Å². The summed E-state index contributed by atoms with van der Waals surface area (Å²) >= 11 is 0. The molecule has 1 nitrogen and oxygen atoms in total. The molecule has 0 saturated carbocycles. The fourth-order valence-corrected chi connectivity index (χ4v) is 3.36. The minimum absolute atomic E-state index is 0.374. The summed E-state index contributed by atoms with van der Waals surface area (Å²) in [6, 6.07) is 9.78. The van der Waals surface area contributed by atoms with Crippen LogP contribution in [0.4, 0.5) is 26.3 Å². The van der Waals surface area contributed by atoms with Crippen molar-refractivity contribution < 1.29 is 31.4 Å². The lowest BCUT2D eigenvalue weighted by Crippen LogP contribution is -2.30. The van der Waals surface area contributed by atoms with Crippen LogP contribution in [0.1, 0.15) is 61.3 Å². The summed E-state index contributed by atoms with van der Waals surface area (Å²) in [6.45, 7) is 1.99. The van der Waals surface area contributed by atoms with E-state index in [1.807, 2.05) is 6.92 Å². The largest absolute Gasteiger partial charge is 0.416 e. The van der Waals surface area contributed by atoms with Crippen molar-refractivity contribution >= 4 is 0 Å². The van der Waals surface area contributed by atoms with Gasteiger partial charge in [0.1, 0.15) is 0 Å². The van der Waals surface area contributed by atoms with Gasteiger partial charge in [0.05, 0.1) is 16.7 Å². The quantitative estimate of drug-likeness (QED) is 0.415. The fourth-order valence-electron chi connectivity index (χ4n) is 3.36. The highest BCUT2D eigenvalue weighted by Crippen LogP contribution is 2.32. The molecule has 0 aliphatic rings. The van der Waals surface area contributed by atoms with Crippen molar-refractivity contribution in [2.45, 2.75) is 69.8 Å². The average molecular weight is 432 g/mol. The predicted octanol–water partition coefficient (Wildman–Crippen LogP) is 7.21. The molecule has 30 heavy (non-hydrogen) atoms. The van der Waals surface area contributed by atoms with E-state index in [2.05, 4.69) is 0 Å². The van der Waals surface area contributed by atoms with E-state index in [4.69, 9.17) is 0 Å². The second-order valence-electron chi connectivity index (χ2n) is 7.72. The van der Waals surface area contributed by atoms with Gasteiger partial charge in [-0.05, 0) is 67.5 Å². The summed E-state index contributed by atoms with van der Waals surface area (Å²) in [5.74, 6) is 0. The van der Waals surface area contributed by atoms with Crippen molar-refractivity contribution in [1.29, 1.82) is 0 Å². The second kappa shape index (κ2) is 9.86. The van der Waals surface area contributed by atoms with Crippen molar-refractivity contribution in [1.82, 2.24) is 0 Å². The molecule has 2 rings (SSSR count). The first-order valence-electron chi connectivity index (χ1n) is 9.98. The van der Waals surface area contributed by atoms with Crippen LogP contribution in [0.2, 0.25) is 0 Å². The van der Waals surface area contributed by atoms with Gasteiger partial charge in [0.15, 0.2) is 0 Å². The Labute approximate surface area is 172 Å². The van der Waals surface area contributed by atoms with Crippen molar-refractivity contribution in [3.05, 3.63) is 70.8 Å². The van der Waals surface area contributed by atoms with E-state index in [9.17, 15) is 31.4 Å². The normalized spacial score (nSPS) is 12.9. The predicted molar refractivity (Wildman–Crippen MR) is 104 cm³/mol.